The van der Waals surface area contributed by atoms with Crippen molar-refractivity contribution in [1.82, 2.24) is 25.1 Å². The molecule has 1 saturated heterocycles. The number of benzene rings is 2. The lowest BCUT2D eigenvalue weighted by molar-refractivity contribution is -0.134. The Morgan fingerprint density at radius 2 is 1.89 bits per heavy atom. The number of aliphatic hydroxyl groups excluding tert-OH is 1. The molecule has 1 aliphatic rings. The van der Waals surface area contributed by atoms with Gasteiger partial charge in [0.05, 0.1) is 18.2 Å². The Balaban J connectivity index is 1.37. The molecule has 4 rings (SSSR count). The first kappa shape index (κ1) is 18.3. The van der Waals surface area contributed by atoms with E-state index in [4.69, 9.17) is 0 Å². The first-order valence-electron chi connectivity index (χ1n) is 9.47. The molecule has 7 heteroatoms. The van der Waals surface area contributed by atoms with E-state index in [1.54, 1.807) is 9.58 Å². The number of aryl methyl sites for hydroxylation is 1. The van der Waals surface area contributed by atoms with Gasteiger partial charge in [0, 0.05) is 19.0 Å². The van der Waals surface area contributed by atoms with E-state index in [-0.39, 0.29) is 11.8 Å². The number of hydrogen-bond donors (Lipinski definition) is 1. The average Bonchev–Trinajstić information content (AvgIpc) is 3.15. The summed E-state index contributed by atoms with van der Waals surface area (Å²) < 4.78 is 1.65. The molecule has 1 aliphatic heterocycles. The van der Waals surface area contributed by atoms with Crippen LogP contribution < -0.4 is 0 Å². The van der Waals surface area contributed by atoms with E-state index >= 15 is 0 Å². The van der Waals surface area contributed by atoms with Crippen molar-refractivity contribution < 1.29 is 9.90 Å². The van der Waals surface area contributed by atoms with Crippen LogP contribution >= 0.6 is 0 Å². The van der Waals surface area contributed by atoms with E-state index in [0.29, 0.717) is 25.3 Å². The molecule has 0 spiro atoms. The summed E-state index contributed by atoms with van der Waals surface area (Å²) in [4.78, 5) is 14.5. The van der Waals surface area contributed by atoms with Crippen molar-refractivity contribution in [3.8, 4) is 5.69 Å². The molecule has 144 valence electrons. The van der Waals surface area contributed by atoms with E-state index in [2.05, 4.69) is 15.5 Å². The van der Waals surface area contributed by atoms with E-state index in [1.807, 2.05) is 61.5 Å². The number of tetrazole rings is 1. The summed E-state index contributed by atoms with van der Waals surface area (Å²) in [6, 6.07) is 17.7. The predicted octanol–water partition coefficient (Wildman–Crippen LogP) is 1.89. The average molecular weight is 377 g/mol. The smallest absolute Gasteiger partial charge is 0.227 e. The normalized spacial score (nSPS) is 19.6. The summed E-state index contributed by atoms with van der Waals surface area (Å²) in [5, 5.41) is 22.0. The molecule has 7 nitrogen and oxygen atoms in total. The molecule has 1 fully saturated rings. The third-order valence-electron chi connectivity index (χ3n) is 5.32. The zero-order valence-corrected chi connectivity index (χ0v) is 15.8. The summed E-state index contributed by atoms with van der Waals surface area (Å²) in [5.74, 6) is 0.833. The van der Waals surface area contributed by atoms with Gasteiger partial charge in [0.25, 0.3) is 0 Å². The van der Waals surface area contributed by atoms with Gasteiger partial charge in [-0.15, -0.1) is 5.10 Å². The standard InChI is InChI=1S/C21H23N5O2/c1-15-22-23-24-26(15)18-9-7-16(8-10-18)13-21(28)25-12-11-19(20(27)14-25)17-5-3-2-4-6-17/h2-10,19-20,27H,11-14H2,1H3/t19-,20+/m0/s1. The molecule has 28 heavy (non-hydrogen) atoms. The second-order valence-corrected chi connectivity index (χ2v) is 7.19. The summed E-state index contributed by atoms with van der Waals surface area (Å²) in [6.07, 6.45) is 0.553. The van der Waals surface area contributed by atoms with Crippen molar-refractivity contribution in [1.29, 1.82) is 0 Å². The van der Waals surface area contributed by atoms with Crippen LogP contribution in [0, 0.1) is 6.92 Å². The minimum absolute atomic E-state index is 0.0388. The van der Waals surface area contributed by atoms with Crippen LogP contribution in [0.5, 0.6) is 0 Å². The second-order valence-electron chi connectivity index (χ2n) is 7.19. The second kappa shape index (κ2) is 7.90. The molecular formula is C21H23N5O2. The van der Waals surface area contributed by atoms with Crippen molar-refractivity contribution in [2.75, 3.05) is 13.1 Å². The molecule has 1 amide bonds. The van der Waals surface area contributed by atoms with Gasteiger partial charge in [0.1, 0.15) is 0 Å². The largest absolute Gasteiger partial charge is 0.391 e. The quantitative estimate of drug-likeness (QED) is 0.751. The predicted molar refractivity (Wildman–Crippen MR) is 104 cm³/mol. The number of carbonyl (C=O) groups is 1. The maximum atomic E-state index is 12.7. The lowest BCUT2D eigenvalue weighted by atomic mass is 9.87. The Hall–Kier alpha value is -3.06. The SMILES string of the molecule is Cc1nnnn1-c1ccc(CC(=O)N2CC[C@@H](c3ccccc3)[C@H](O)C2)cc1. The molecule has 2 aromatic carbocycles. The monoisotopic (exact) mass is 377 g/mol. The van der Waals surface area contributed by atoms with Crippen molar-refractivity contribution in [3.63, 3.8) is 0 Å². The van der Waals surface area contributed by atoms with Gasteiger partial charge in [-0.2, -0.15) is 4.68 Å². The Bertz CT molecular complexity index is 939. The number of carbonyl (C=O) groups excluding carboxylic acids is 1. The van der Waals surface area contributed by atoms with Crippen LogP contribution in [-0.2, 0) is 11.2 Å². The molecule has 0 unspecified atom stereocenters. The number of rotatable bonds is 4. The highest BCUT2D eigenvalue weighted by atomic mass is 16.3. The number of aromatic nitrogens is 4. The zero-order valence-electron chi connectivity index (χ0n) is 15.8. The van der Waals surface area contributed by atoms with Crippen LogP contribution in [0.1, 0.15) is 29.3 Å². The van der Waals surface area contributed by atoms with Gasteiger partial charge in [0.15, 0.2) is 5.82 Å². The van der Waals surface area contributed by atoms with Gasteiger partial charge < -0.3 is 10.0 Å². The third-order valence-corrected chi connectivity index (χ3v) is 5.32. The lowest BCUT2D eigenvalue weighted by Gasteiger charge is -2.36. The summed E-state index contributed by atoms with van der Waals surface area (Å²) >= 11 is 0. The molecule has 0 aliphatic carbocycles. The van der Waals surface area contributed by atoms with Crippen molar-refractivity contribution in [3.05, 3.63) is 71.5 Å². The first-order chi connectivity index (χ1) is 13.6. The number of aliphatic hydroxyl groups is 1. The highest BCUT2D eigenvalue weighted by Crippen LogP contribution is 2.28. The van der Waals surface area contributed by atoms with Gasteiger partial charge in [-0.25, -0.2) is 0 Å². The summed E-state index contributed by atoms with van der Waals surface area (Å²) in [6.45, 7) is 2.87. The first-order valence-corrected chi connectivity index (χ1v) is 9.47. The number of β-amino-alcohol motifs (C(OH)–C–C–N with tert-alkyl or cyclic N) is 1. The zero-order chi connectivity index (χ0) is 19.5. The van der Waals surface area contributed by atoms with Crippen LogP contribution in [0.4, 0.5) is 0 Å². The fraction of sp³-hybridized carbons (Fsp3) is 0.333. The Morgan fingerprint density at radius 3 is 2.54 bits per heavy atom. The highest BCUT2D eigenvalue weighted by molar-refractivity contribution is 5.79. The number of nitrogens with zero attached hydrogens (tertiary/aromatic N) is 5. The number of likely N-dealkylation sites (tertiary alicyclic amines) is 1. The van der Waals surface area contributed by atoms with E-state index in [9.17, 15) is 9.90 Å². The minimum atomic E-state index is -0.537. The number of amides is 1. The molecule has 2 atom stereocenters. The number of hydrogen-bond acceptors (Lipinski definition) is 5. The van der Waals surface area contributed by atoms with Crippen LogP contribution in [0.3, 0.4) is 0 Å². The van der Waals surface area contributed by atoms with Gasteiger partial charge in [-0.1, -0.05) is 42.5 Å². The van der Waals surface area contributed by atoms with Crippen LogP contribution in [0.15, 0.2) is 54.6 Å². The van der Waals surface area contributed by atoms with Crippen molar-refractivity contribution in [2.24, 2.45) is 0 Å². The fourth-order valence-electron chi connectivity index (χ4n) is 3.76. The van der Waals surface area contributed by atoms with E-state index < -0.39 is 6.10 Å². The van der Waals surface area contributed by atoms with Gasteiger partial charge in [-0.3, -0.25) is 4.79 Å². The summed E-state index contributed by atoms with van der Waals surface area (Å²) in [5.41, 5.74) is 2.92. The molecule has 1 aromatic heterocycles. The third kappa shape index (κ3) is 3.80. The van der Waals surface area contributed by atoms with Crippen molar-refractivity contribution in [2.45, 2.75) is 31.8 Å². The number of piperidine rings is 1. The topological polar surface area (TPSA) is 84.1 Å². The van der Waals surface area contributed by atoms with Gasteiger partial charge >= 0.3 is 0 Å². The molecular weight excluding hydrogens is 354 g/mol. The molecule has 3 aromatic rings. The summed E-state index contributed by atoms with van der Waals surface area (Å²) in [7, 11) is 0. The van der Waals surface area contributed by atoms with Gasteiger partial charge in [-0.05, 0) is 47.0 Å². The van der Waals surface area contributed by atoms with Crippen LogP contribution in [0.2, 0.25) is 0 Å². The minimum Gasteiger partial charge on any atom is -0.391 e. The molecule has 0 saturated carbocycles. The molecule has 0 radical (unpaired) electrons. The fourth-order valence-corrected chi connectivity index (χ4v) is 3.76. The maximum absolute atomic E-state index is 12.7. The van der Waals surface area contributed by atoms with E-state index in [1.165, 1.54) is 0 Å². The van der Waals surface area contributed by atoms with E-state index in [0.717, 1.165) is 23.2 Å². The lowest BCUT2D eigenvalue weighted by Crippen LogP contribution is -2.46. The van der Waals surface area contributed by atoms with Crippen molar-refractivity contribution >= 4 is 5.91 Å². The Labute approximate surface area is 163 Å². The van der Waals surface area contributed by atoms with Crippen LogP contribution in [0.25, 0.3) is 5.69 Å². The molecule has 1 N–H and O–H groups in total. The Morgan fingerprint density at radius 1 is 1.14 bits per heavy atom. The maximum Gasteiger partial charge on any atom is 0.227 e. The Kier molecular flexibility index (Phi) is 5.16. The highest BCUT2D eigenvalue weighted by Gasteiger charge is 2.30. The van der Waals surface area contributed by atoms with Gasteiger partial charge in [0.2, 0.25) is 5.91 Å². The van der Waals surface area contributed by atoms with Crippen LogP contribution in [-0.4, -0.2) is 55.3 Å². The molecule has 0 bridgehead atoms. The molecule has 2 heterocycles.